The van der Waals surface area contributed by atoms with Crippen molar-refractivity contribution < 1.29 is 19.4 Å². The molecular formula is C33H51N3O4. The van der Waals surface area contributed by atoms with E-state index in [1.807, 2.05) is 0 Å². The fourth-order valence-electron chi connectivity index (χ4n) is 4.71. The molecule has 0 radical (unpaired) electrons. The van der Waals surface area contributed by atoms with Gasteiger partial charge in [-0.05, 0) is 55.0 Å². The zero-order chi connectivity index (χ0) is 28.8. The number of phenols is 1. The number of phenolic OH excluding ortho intramolecular Hbond substituents is 1. The number of nitrogens with two attached hydrogens (primary N) is 1. The number of aromatic hydroxyl groups is 1. The predicted octanol–water partition coefficient (Wildman–Crippen LogP) is 8.51. The van der Waals surface area contributed by atoms with Crippen LogP contribution in [0.1, 0.15) is 120 Å². The fourth-order valence-corrected chi connectivity index (χ4v) is 4.71. The molecule has 0 unspecified atom stereocenters. The topological polar surface area (TPSA) is 105 Å². The van der Waals surface area contributed by atoms with Crippen molar-refractivity contribution >= 4 is 11.9 Å². The minimum Gasteiger partial charge on any atom is -0.508 e. The second kappa shape index (κ2) is 20.7. The summed E-state index contributed by atoms with van der Waals surface area (Å²) in [5, 5.41) is 12.1. The van der Waals surface area contributed by atoms with Crippen molar-refractivity contribution in [1.82, 2.24) is 10.2 Å². The molecule has 0 fully saturated rings. The Bertz CT molecular complexity index is 947. The maximum atomic E-state index is 12.5. The summed E-state index contributed by atoms with van der Waals surface area (Å²) in [7, 11) is 0. The van der Waals surface area contributed by atoms with E-state index >= 15 is 0 Å². The standard InChI is InChI=1S/C33H51N3O4/c1-2-3-4-5-6-7-8-9-10-11-12-13-14-15-16-17-26-36(33(34)39)27-35-32(38)28-18-22-30(23-19-28)40-31-24-20-29(37)21-25-31/h18-25,37H,2-17,26-27H2,1H3,(H2,34,39)(H,35,38). The average molecular weight is 554 g/mol. The molecule has 0 saturated heterocycles. The van der Waals surface area contributed by atoms with Gasteiger partial charge in [-0.1, -0.05) is 103 Å². The molecule has 0 atom stereocenters. The number of hydrogen-bond acceptors (Lipinski definition) is 4. The molecule has 7 heteroatoms. The molecule has 0 spiro atoms. The molecule has 4 N–H and O–H groups in total. The summed E-state index contributed by atoms with van der Waals surface area (Å²) in [5.74, 6) is 1.04. The number of carbonyl (C=O) groups is 2. The summed E-state index contributed by atoms with van der Waals surface area (Å²) in [4.78, 5) is 25.9. The second-order valence-electron chi connectivity index (χ2n) is 10.7. The Balaban J connectivity index is 1.51. The highest BCUT2D eigenvalue weighted by molar-refractivity contribution is 5.94. The van der Waals surface area contributed by atoms with Crippen LogP contribution in [0.5, 0.6) is 17.2 Å². The lowest BCUT2D eigenvalue weighted by atomic mass is 10.0. The van der Waals surface area contributed by atoms with E-state index < -0.39 is 6.03 Å². The van der Waals surface area contributed by atoms with E-state index in [4.69, 9.17) is 10.5 Å². The summed E-state index contributed by atoms with van der Waals surface area (Å²) < 4.78 is 5.71. The highest BCUT2D eigenvalue weighted by Crippen LogP contribution is 2.23. The van der Waals surface area contributed by atoms with Crippen LogP contribution in [0.4, 0.5) is 4.79 Å². The normalized spacial score (nSPS) is 10.8. The Morgan fingerprint density at radius 3 is 1.57 bits per heavy atom. The van der Waals surface area contributed by atoms with Gasteiger partial charge in [-0.15, -0.1) is 0 Å². The molecule has 0 aliphatic carbocycles. The Hall–Kier alpha value is -3.22. The van der Waals surface area contributed by atoms with Gasteiger partial charge < -0.3 is 25.8 Å². The van der Waals surface area contributed by atoms with Crippen LogP contribution in [-0.2, 0) is 0 Å². The Morgan fingerprint density at radius 2 is 1.12 bits per heavy atom. The third kappa shape index (κ3) is 14.8. The first-order valence-corrected chi connectivity index (χ1v) is 15.4. The molecular weight excluding hydrogens is 502 g/mol. The van der Waals surface area contributed by atoms with Crippen LogP contribution >= 0.6 is 0 Å². The van der Waals surface area contributed by atoms with E-state index in [0.717, 1.165) is 19.3 Å². The van der Waals surface area contributed by atoms with Crippen LogP contribution < -0.4 is 15.8 Å². The smallest absolute Gasteiger partial charge is 0.316 e. The third-order valence-corrected chi connectivity index (χ3v) is 7.21. The number of urea groups is 1. The maximum absolute atomic E-state index is 12.5. The summed E-state index contributed by atoms with van der Waals surface area (Å²) in [5.41, 5.74) is 6.00. The van der Waals surface area contributed by atoms with Gasteiger partial charge in [0.2, 0.25) is 0 Å². The van der Waals surface area contributed by atoms with Crippen LogP contribution in [0.25, 0.3) is 0 Å². The van der Waals surface area contributed by atoms with Crippen molar-refractivity contribution in [1.29, 1.82) is 0 Å². The number of benzene rings is 2. The van der Waals surface area contributed by atoms with Crippen LogP contribution in [0, 0.1) is 0 Å². The molecule has 40 heavy (non-hydrogen) atoms. The number of amides is 3. The SMILES string of the molecule is CCCCCCCCCCCCCCCCCCN(CNC(=O)c1ccc(Oc2ccc(O)cc2)cc1)C(N)=O. The van der Waals surface area contributed by atoms with E-state index in [1.54, 1.807) is 48.5 Å². The predicted molar refractivity (Wildman–Crippen MR) is 163 cm³/mol. The highest BCUT2D eigenvalue weighted by atomic mass is 16.5. The van der Waals surface area contributed by atoms with Crippen molar-refractivity contribution in [3.05, 3.63) is 54.1 Å². The molecule has 3 amide bonds. The van der Waals surface area contributed by atoms with Crippen LogP contribution in [0.2, 0.25) is 0 Å². The van der Waals surface area contributed by atoms with Gasteiger partial charge in [0.25, 0.3) is 5.91 Å². The number of unbranched alkanes of at least 4 members (excludes halogenated alkanes) is 15. The Morgan fingerprint density at radius 1 is 0.700 bits per heavy atom. The van der Waals surface area contributed by atoms with Gasteiger partial charge in [-0.3, -0.25) is 4.79 Å². The average Bonchev–Trinajstić information content (AvgIpc) is 2.95. The first kappa shape index (κ1) is 33.0. The van der Waals surface area contributed by atoms with Crippen molar-refractivity contribution in [2.45, 2.75) is 110 Å². The second-order valence-corrected chi connectivity index (χ2v) is 10.7. The molecule has 0 heterocycles. The van der Waals surface area contributed by atoms with Gasteiger partial charge >= 0.3 is 6.03 Å². The van der Waals surface area contributed by atoms with Gasteiger partial charge in [0, 0.05) is 12.1 Å². The van der Waals surface area contributed by atoms with E-state index in [2.05, 4.69) is 12.2 Å². The minimum absolute atomic E-state index is 0.0820. The summed E-state index contributed by atoms with van der Waals surface area (Å²) in [6, 6.07) is 12.6. The number of nitrogens with zero attached hydrogens (tertiary/aromatic N) is 1. The molecule has 7 nitrogen and oxygen atoms in total. The fraction of sp³-hybridized carbons (Fsp3) is 0.576. The number of hydrogen-bond donors (Lipinski definition) is 3. The van der Waals surface area contributed by atoms with Gasteiger partial charge in [-0.25, -0.2) is 4.79 Å². The van der Waals surface area contributed by atoms with E-state index in [1.165, 1.54) is 88.4 Å². The first-order valence-electron chi connectivity index (χ1n) is 15.4. The summed E-state index contributed by atoms with van der Waals surface area (Å²) in [6.45, 7) is 2.88. The largest absolute Gasteiger partial charge is 0.508 e. The molecule has 0 aromatic heterocycles. The molecule has 0 aliphatic heterocycles. The lowest BCUT2D eigenvalue weighted by molar-refractivity contribution is 0.0932. The Kier molecular flexibility index (Phi) is 17.0. The quantitative estimate of drug-likeness (QED) is 0.100. The number of primary amides is 1. The molecule has 2 aromatic rings. The van der Waals surface area contributed by atoms with E-state index in [9.17, 15) is 14.7 Å². The van der Waals surface area contributed by atoms with Crippen LogP contribution in [-0.4, -0.2) is 35.2 Å². The van der Waals surface area contributed by atoms with Gasteiger partial charge in [0.15, 0.2) is 0 Å². The van der Waals surface area contributed by atoms with Gasteiger partial charge in [0.1, 0.15) is 17.2 Å². The first-order chi connectivity index (χ1) is 19.5. The van der Waals surface area contributed by atoms with Crippen LogP contribution in [0.15, 0.2) is 48.5 Å². The van der Waals surface area contributed by atoms with E-state index in [-0.39, 0.29) is 18.3 Å². The lowest BCUT2D eigenvalue weighted by Gasteiger charge is -2.21. The van der Waals surface area contributed by atoms with Gasteiger partial charge in [0.05, 0.1) is 6.67 Å². The van der Waals surface area contributed by atoms with Crippen molar-refractivity contribution in [2.75, 3.05) is 13.2 Å². The molecule has 0 bridgehead atoms. The van der Waals surface area contributed by atoms with Crippen molar-refractivity contribution in [3.63, 3.8) is 0 Å². The Labute approximate surface area is 241 Å². The molecule has 222 valence electrons. The monoisotopic (exact) mass is 553 g/mol. The number of ether oxygens (including phenoxy) is 1. The molecule has 2 aromatic carbocycles. The lowest BCUT2D eigenvalue weighted by Crippen LogP contribution is -2.44. The molecule has 2 rings (SSSR count). The number of carbonyl (C=O) groups excluding carboxylic acids is 2. The molecule has 0 saturated carbocycles. The number of nitrogens with one attached hydrogen (secondary N) is 1. The molecule has 0 aliphatic rings. The van der Waals surface area contributed by atoms with Crippen molar-refractivity contribution in [2.24, 2.45) is 5.73 Å². The summed E-state index contributed by atoms with van der Waals surface area (Å²) in [6.07, 6.45) is 20.8. The maximum Gasteiger partial charge on any atom is 0.316 e. The zero-order valence-corrected chi connectivity index (χ0v) is 24.5. The van der Waals surface area contributed by atoms with Crippen molar-refractivity contribution in [3.8, 4) is 17.2 Å². The van der Waals surface area contributed by atoms with E-state index in [0.29, 0.717) is 23.6 Å². The van der Waals surface area contributed by atoms with Gasteiger partial charge in [-0.2, -0.15) is 0 Å². The summed E-state index contributed by atoms with van der Waals surface area (Å²) >= 11 is 0. The number of rotatable bonds is 22. The zero-order valence-electron chi connectivity index (χ0n) is 24.5. The minimum atomic E-state index is -0.529. The highest BCUT2D eigenvalue weighted by Gasteiger charge is 2.12. The van der Waals surface area contributed by atoms with Crippen LogP contribution in [0.3, 0.4) is 0 Å². The third-order valence-electron chi connectivity index (χ3n) is 7.21.